The summed E-state index contributed by atoms with van der Waals surface area (Å²) in [6, 6.07) is 1.98. The van der Waals surface area contributed by atoms with E-state index in [0.29, 0.717) is 5.92 Å². The van der Waals surface area contributed by atoms with E-state index in [9.17, 15) is 0 Å². The van der Waals surface area contributed by atoms with Crippen LogP contribution in [0.25, 0.3) is 0 Å². The predicted molar refractivity (Wildman–Crippen MR) is 49.9 cm³/mol. The van der Waals surface area contributed by atoms with Crippen molar-refractivity contribution >= 4 is 0 Å². The summed E-state index contributed by atoms with van der Waals surface area (Å²) in [6.07, 6.45) is 3.40. The first-order valence-corrected chi connectivity index (χ1v) is 4.27. The van der Waals surface area contributed by atoms with Crippen LogP contribution in [0.4, 0.5) is 0 Å². The van der Waals surface area contributed by atoms with Gasteiger partial charge in [0.25, 0.3) is 0 Å². The Labute approximate surface area is 74.1 Å². The minimum Gasteiger partial charge on any atom is -0.245 e. The van der Waals surface area contributed by atoms with Crippen LogP contribution < -0.4 is 0 Å². The monoisotopic (exact) mass is 164 g/mol. The molecule has 0 aliphatic rings. The van der Waals surface area contributed by atoms with Gasteiger partial charge < -0.3 is 0 Å². The Morgan fingerprint density at radius 1 is 1.33 bits per heavy atom. The third-order valence-electron chi connectivity index (χ3n) is 2.35. The molecule has 0 amide bonds. The summed E-state index contributed by atoms with van der Waals surface area (Å²) in [7, 11) is 0. The Bertz CT molecular complexity index is 236. The van der Waals surface area contributed by atoms with E-state index in [0.717, 1.165) is 5.69 Å². The Morgan fingerprint density at radius 3 is 2.42 bits per heavy atom. The first-order chi connectivity index (χ1) is 5.52. The highest BCUT2D eigenvalue weighted by Gasteiger charge is 2.22. The van der Waals surface area contributed by atoms with Crippen molar-refractivity contribution in [2.45, 2.75) is 33.6 Å². The average Bonchev–Trinajstić information content (AvgIpc) is 2.03. The fourth-order valence-electron chi connectivity index (χ4n) is 1.00. The second-order valence-corrected chi connectivity index (χ2v) is 4.22. The van der Waals surface area contributed by atoms with Gasteiger partial charge in [-0.25, -0.2) is 9.97 Å². The van der Waals surface area contributed by atoms with Crippen LogP contribution in [-0.2, 0) is 0 Å². The standard InChI is InChI=1S/C10H16N2/c1-8(10(2,3)4)9-5-6-11-7-12-9/h5-8H,1-4H3. The summed E-state index contributed by atoms with van der Waals surface area (Å²) in [4.78, 5) is 8.13. The molecule has 0 saturated heterocycles. The molecule has 0 aromatic carbocycles. The van der Waals surface area contributed by atoms with Crippen molar-refractivity contribution in [3.8, 4) is 0 Å². The lowest BCUT2D eigenvalue weighted by atomic mass is 9.80. The number of rotatable bonds is 1. The van der Waals surface area contributed by atoms with Gasteiger partial charge in [0.2, 0.25) is 0 Å². The van der Waals surface area contributed by atoms with Crippen molar-refractivity contribution in [1.29, 1.82) is 0 Å². The Morgan fingerprint density at radius 2 is 2.00 bits per heavy atom. The second kappa shape index (κ2) is 3.21. The zero-order chi connectivity index (χ0) is 9.19. The van der Waals surface area contributed by atoms with Gasteiger partial charge in [0.15, 0.2) is 0 Å². The molecule has 0 radical (unpaired) electrons. The maximum absolute atomic E-state index is 4.23. The number of nitrogens with zero attached hydrogens (tertiary/aromatic N) is 2. The van der Waals surface area contributed by atoms with Crippen LogP contribution in [0.3, 0.4) is 0 Å². The maximum Gasteiger partial charge on any atom is 0.115 e. The van der Waals surface area contributed by atoms with Gasteiger partial charge in [-0.3, -0.25) is 0 Å². The molecule has 0 saturated carbocycles. The quantitative estimate of drug-likeness (QED) is 0.637. The van der Waals surface area contributed by atoms with Crippen molar-refractivity contribution < 1.29 is 0 Å². The van der Waals surface area contributed by atoms with Crippen molar-refractivity contribution in [2.75, 3.05) is 0 Å². The maximum atomic E-state index is 4.23. The van der Waals surface area contributed by atoms with E-state index in [1.54, 1.807) is 12.5 Å². The molecule has 1 unspecified atom stereocenters. The van der Waals surface area contributed by atoms with Gasteiger partial charge in [-0.1, -0.05) is 27.7 Å². The highest BCUT2D eigenvalue weighted by Crippen LogP contribution is 2.32. The first kappa shape index (κ1) is 9.17. The molecule has 0 fully saturated rings. The van der Waals surface area contributed by atoms with E-state index in [2.05, 4.69) is 37.7 Å². The van der Waals surface area contributed by atoms with Crippen molar-refractivity contribution in [3.63, 3.8) is 0 Å². The number of aromatic nitrogens is 2. The highest BCUT2D eigenvalue weighted by atomic mass is 14.8. The Hall–Kier alpha value is -0.920. The van der Waals surface area contributed by atoms with Crippen LogP contribution >= 0.6 is 0 Å². The largest absolute Gasteiger partial charge is 0.245 e. The van der Waals surface area contributed by atoms with Gasteiger partial charge >= 0.3 is 0 Å². The fourth-order valence-corrected chi connectivity index (χ4v) is 1.00. The van der Waals surface area contributed by atoms with Crippen molar-refractivity contribution in [1.82, 2.24) is 9.97 Å². The molecular weight excluding hydrogens is 148 g/mol. The molecule has 0 bridgehead atoms. The molecule has 1 atom stereocenters. The average molecular weight is 164 g/mol. The molecule has 0 aliphatic heterocycles. The summed E-state index contributed by atoms with van der Waals surface area (Å²) in [6.45, 7) is 8.86. The van der Waals surface area contributed by atoms with Crippen LogP contribution in [0.15, 0.2) is 18.6 Å². The summed E-state index contributed by atoms with van der Waals surface area (Å²) >= 11 is 0. The molecule has 12 heavy (non-hydrogen) atoms. The van der Waals surface area contributed by atoms with Crippen LogP contribution in [0.5, 0.6) is 0 Å². The second-order valence-electron chi connectivity index (χ2n) is 4.22. The lowest BCUT2D eigenvalue weighted by Gasteiger charge is -2.26. The lowest BCUT2D eigenvalue weighted by molar-refractivity contribution is 0.334. The Kier molecular flexibility index (Phi) is 2.46. The third-order valence-corrected chi connectivity index (χ3v) is 2.35. The van der Waals surface area contributed by atoms with Gasteiger partial charge in [0, 0.05) is 17.8 Å². The minimum atomic E-state index is 0.272. The zero-order valence-corrected chi connectivity index (χ0v) is 8.20. The van der Waals surface area contributed by atoms with E-state index in [1.807, 2.05) is 6.07 Å². The lowest BCUT2D eigenvalue weighted by Crippen LogP contribution is -2.16. The van der Waals surface area contributed by atoms with Gasteiger partial charge in [-0.05, 0) is 11.5 Å². The summed E-state index contributed by atoms with van der Waals surface area (Å²) in [5.41, 5.74) is 1.39. The minimum absolute atomic E-state index is 0.272. The molecule has 1 aromatic heterocycles. The SMILES string of the molecule is CC(c1ccncn1)C(C)(C)C. The highest BCUT2D eigenvalue weighted by molar-refractivity contribution is 5.07. The van der Waals surface area contributed by atoms with E-state index >= 15 is 0 Å². The molecule has 1 heterocycles. The molecule has 66 valence electrons. The van der Waals surface area contributed by atoms with Gasteiger partial charge in [0.1, 0.15) is 6.33 Å². The van der Waals surface area contributed by atoms with Gasteiger partial charge in [0.05, 0.1) is 0 Å². The summed E-state index contributed by atoms with van der Waals surface area (Å²) < 4.78 is 0. The predicted octanol–water partition coefficient (Wildman–Crippen LogP) is 2.63. The summed E-state index contributed by atoms with van der Waals surface area (Å²) in [5, 5.41) is 0. The Balaban J connectivity index is 2.86. The van der Waals surface area contributed by atoms with E-state index < -0.39 is 0 Å². The van der Waals surface area contributed by atoms with Gasteiger partial charge in [-0.2, -0.15) is 0 Å². The molecule has 0 aliphatic carbocycles. The molecule has 2 nitrogen and oxygen atoms in total. The van der Waals surface area contributed by atoms with Gasteiger partial charge in [-0.15, -0.1) is 0 Å². The van der Waals surface area contributed by atoms with E-state index in [-0.39, 0.29) is 5.41 Å². The van der Waals surface area contributed by atoms with Crippen LogP contribution in [0.1, 0.15) is 39.3 Å². The molecule has 2 heteroatoms. The smallest absolute Gasteiger partial charge is 0.115 e. The van der Waals surface area contributed by atoms with Crippen molar-refractivity contribution in [2.24, 2.45) is 5.41 Å². The normalized spacial score (nSPS) is 14.3. The molecule has 1 rings (SSSR count). The van der Waals surface area contributed by atoms with Crippen molar-refractivity contribution in [3.05, 3.63) is 24.3 Å². The van der Waals surface area contributed by atoms with E-state index in [4.69, 9.17) is 0 Å². The van der Waals surface area contributed by atoms with Crippen LogP contribution in [-0.4, -0.2) is 9.97 Å². The fraction of sp³-hybridized carbons (Fsp3) is 0.600. The molecular formula is C10H16N2. The third kappa shape index (κ3) is 2.03. The molecule has 0 N–H and O–H groups in total. The van der Waals surface area contributed by atoms with Crippen LogP contribution in [0.2, 0.25) is 0 Å². The zero-order valence-electron chi connectivity index (χ0n) is 8.20. The van der Waals surface area contributed by atoms with Crippen LogP contribution in [0, 0.1) is 5.41 Å². The number of hydrogen-bond acceptors (Lipinski definition) is 2. The first-order valence-electron chi connectivity index (χ1n) is 4.27. The molecule has 0 spiro atoms. The summed E-state index contributed by atoms with van der Waals surface area (Å²) in [5.74, 6) is 0.473. The number of hydrogen-bond donors (Lipinski definition) is 0. The molecule has 1 aromatic rings. The van der Waals surface area contributed by atoms with E-state index in [1.165, 1.54) is 0 Å². The topological polar surface area (TPSA) is 25.8 Å².